The van der Waals surface area contributed by atoms with Crippen LogP contribution >= 0.6 is 12.4 Å². The maximum atomic E-state index is 13.7. The number of rotatable bonds is 3. The van der Waals surface area contributed by atoms with Crippen LogP contribution in [-0.4, -0.2) is 37.1 Å². The first-order chi connectivity index (χ1) is 15.4. The summed E-state index contributed by atoms with van der Waals surface area (Å²) < 4.78 is 1.21. The molecule has 0 saturated heterocycles. The number of aromatic amines is 1. The Morgan fingerprint density at radius 1 is 1.24 bits per heavy atom. The zero-order valence-electron chi connectivity index (χ0n) is 18.1. The van der Waals surface area contributed by atoms with Gasteiger partial charge in [0, 0.05) is 6.20 Å². The number of hydrogen-bond acceptors (Lipinski definition) is 6. The third-order valence-electron chi connectivity index (χ3n) is 6.21. The Morgan fingerprint density at radius 2 is 2.00 bits per heavy atom. The number of carbonyl (C=O) groups excluding carboxylic acids is 2. The molecule has 1 aliphatic heterocycles. The van der Waals surface area contributed by atoms with Gasteiger partial charge in [-0.2, -0.15) is 0 Å². The van der Waals surface area contributed by atoms with Gasteiger partial charge in [0.1, 0.15) is 34.8 Å². The minimum absolute atomic E-state index is 0. The highest BCUT2D eigenvalue weighted by atomic mass is 35.5. The number of aromatic nitrogens is 4. The molecule has 2 amide bonds. The average molecular weight is 470 g/mol. The lowest BCUT2D eigenvalue weighted by atomic mass is 9.87. The molecule has 4 heterocycles. The molecular weight excluding hydrogens is 446 g/mol. The number of carbonyl (C=O) groups is 2. The van der Waals surface area contributed by atoms with Gasteiger partial charge in [0.2, 0.25) is 0 Å². The van der Waals surface area contributed by atoms with Gasteiger partial charge < -0.3 is 15.6 Å². The summed E-state index contributed by atoms with van der Waals surface area (Å²) in [5.74, 6) is -0.361. The third kappa shape index (κ3) is 3.46. The summed E-state index contributed by atoms with van der Waals surface area (Å²) in [5.41, 5.74) is 0.0581. The molecular formula is C22H24ClN7O3. The second kappa shape index (κ2) is 8.36. The van der Waals surface area contributed by atoms with Crippen LogP contribution in [0.1, 0.15) is 48.2 Å². The van der Waals surface area contributed by atoms with Crippen molar-refractivity contribution in [1.29, 1.82) is 0 Å². The van der Waals surface area contributed by atoms with Crippen molar-refractivity contribution >= 4 is 46.8 Å². The highest BCUT2D eigenvalue weighted by Gasteiger charge is 2.48. The predicted molar refractivity (Wildman–Crippen MR) is 127 cm³/mol. The summed E-state index contributed by atoms with van der Waals surface area (Å²) in [6.45, 7) is 5.35. The van der Waals surface area contributed by atoms with Crippen LogP contribution in [0.2, 0.25) is 0 Å². The molecule has 0 radical (unpaired) electrons. The molecule has 11 heteroatoms. The molecule has 0 unspecified atom stereocenters. The van der Waals surface area contributed by atoms with Gasteiger partial charge in [-0.1, -0.05) is 13.0 Å². The van der Waals surface area contributed by atoms with Gasteiger partial charge in [0.05, 0.1) is 5.39 Å². The number of amides is 2. The number of nitrogens with one attached hydrogen (secondary N) is 3. The predicted octanol–water partition coefficient (Wildman–Crippen LogP) is 2.65. The van der Waals surface area contributed by atoms with Crippen LogP contribution in [0.3, 0.4) is 0 Å². The van der Waals surface area contributed by atoms with Crippen molar-refractivity contribution in [2.45, 2.75) is 44.7 Å². The second-order valence-corrected chi connectivity index (χ2v) is 8.19. The summed E-state index contributed by atoms with van der Waals surface area (Å²) in [5, 5.41) is 8.19. The van der Waals surface area contributed by atoms with E-state index in [0.29, 0.717) is 35.3 Å². The fourth-order valence-electron chi connectivity index (χ4n) is 4.77. The molecule has 5 rings (SSSR count). The van der Waals surface area contributed by atoms with Gasteiger partial charge in [0.25, 0.3) is 17.4 Å². The molecule has 3 aromatic heterocycles. The van der Waals surface area contributed by atoms with Crippen molar-refractivity contribution < 1.29 is 9.59 Å². The van der Waals surface area contributed by atoms with Crippen LogP contribution in [0, 0.1) is 6.92 Å². The molecule has 1 aliphatic carbocycles. The molecule has 0 aromatic carbocycles. The van der Waals surface area contributed by atoms with Crippen LogP contribution in [-0.2, 0) is 4.79 Å². The first kappa shape index (κ1) is 22.5. The van der Waals surface area contributed by atoms with Gasteiger partial charge >= 0.3 is 0 Å². The Kier molecular flexibility index (Phi) is 5.71. The number of aryl methyl sites for hydroxylation is 1. The first-order valence-electron chi connectivity index (χ1n) is 10.6. The standard InChI is InChI=1S/C22H23N7O3.ClH/c1-3-16(30)29-22(8-5-4-6-9-22)27-20(31)17-13(2)11-15(21(32)28(17)29)26-19-14-7-10-23-18(14)24-12-25-19;/h3,7,10-12H,1,4-6,8-9H2,2H3,(H,27,31)(H2,23,24,25,26);1H. The first-order valence-corrected chi connectivity index (χ1v) is 10.6. The van der Waals surface area contributed by atoms with Crippen molar-refractivity contribution in [3.05, 3.63) is 58.9 Å². The fourth-order valence-corrected chi connectivity index (χ4v) is 4.77. The Hall–Kier alpha value is -3.66. The van der Waals surface area contributed by atoms with E-state index in [4.69, 9.17) is 0 Å². The Balaban J connectivity index is 0.00000259. The van der Waals surface area contributed by atoms with Crippen LogP contribution in [0.25, 0.3) is 11.0 Å². The summed E-state index contributed by atoms with van der Waals surface area (Å²) in [6, 6.07) is 3.41. The average Bonchev–Trinajstić information content (AvgIpc) is 3.27. The number of anilines is 2. The van der Waals surface area contributed by atoms with Crippen LogP contribution in [0.15, 0.2) is 42.1 Å². The second-order valence-electron chi connectivity index (χ2n) is 8.19. The lowest BCUT2D eigenvalue weighted by molar-refractivity contribution is -0.118. The molecule has 33 heavy (non-hydrogen) atoms. The zero-order chi connectivity index (χ0) is 22.5. The van der Waals surface area contributed by atoms with Crippen LogP contribution < -0.4 is 21.2 Å². The maximum absolute atomic E-state index is 13.7. The maximum Gasteiger partial charge on any atom is 0.293 e. The molecule has 1 fully saturated rings. The van der Waals surface area contributed by atoms with E-state index >= 15 is 0 Å². The smallest absolute Gasteiger partial charge is 0.293 e. The summed E-state index contributed by atoms with van der Waals surface area (Å²) in [4.78, 5) is 51.3. The fraction of sp³-hybridized carbons (Fsp3) is 0.318. The topological polar surface area (TPSA) is 125 Å². The van der Waals surface area contributed by atoms with Crippen LogP contribution in [0.4, 0.5) is 11.5 Å². The van der Waals surface area contributed by atoms with Gasteiger partial charge in [-0.3, -0.25) is 14.4 Å². The molecule has 3 N–H and O–H groups in total. The van der Waals surface area contributed by atoms with E-state index in [1.54, 1.807) is 25.3 Å². The van der Waals surface area contributed by atoms with E-state index in [-0.39, 0.29) is 29.7 Å². The van der Waals surface area contributed by atoms with Gasteiger partial charge in [-0.05, 0) is 56.4 Å². The van der Waals surface area contributed by atoms with E-state index in [2.05, 4.69) is 32.2 Å². The van der Waals surface area contributed by atoms with E-state index in [0.717, 1.165) is 19.3 Å². The summed E-state index contributed by atoms with van der Waals surface area (Å²) >= 11 is 0. The van der Waals surface area contributed by atoms with E-state index in [1.165, 1.54) is 22.1 Å². The SMILES string of the molecule is C=CC(=O)N1n2c(c(C)cc(Nc3ncnc4[nH]ccc34)c2=O)C(=O)NC12CCCCC2.Cl. The number of hydrogen-bond donors (Lipinski definition) is 3. The summed E-state index contributed by atoms with van der Waals surface area (Å²) in [7, 11) is 0. The van der Waals surface area contributed by atoms with E-state index in [1.807, 2.05) is 0 Å². The largest absolute Gasteiger partial charge is 0.346 e. The van der Waals surface area contributed by atoms with E-state index in [9.17, 15) is 14.4 Å². The lowest BCUT2D eigenvalue weighted by Gasteiger charge is -2.49. The molecule has 0 bridgehead atoms. The van der Waals surface area contributed by atoms with Crippen LogP contribution in [0.5, 0.6) is 0 Å². The molecule has 10 nitrogen and oxygen atoms in total. The quantitative estimate of drug-likeness (QED) is 0.506. The van der Waals surface area contributed by atoms with Crippen molar-refractivity contribution in [3.63, 3.8) is 0 Å². The van der Waals surface area contributed by atoms with Crippen molar-refractivity contribution in [2.75, 3.05) is 10.3 Å². The highest BCUT2D eigenvalue weighted by molar-refractivity contribution is 6.03. The van der Waals surface area contributed by atoms with Crippen molar-refractivity contribution in [3.8, 4) is 0 Å². The normalized spacial score (nSPS) is 16.6. The Morgan fingerprint density at radius 3 is 2.73 bits per heavy atom. The van der Waals surface area contributed by atoms with Gasteiger partial charge in [0.15, 0.2) is 0 Å². The lowest BCUT2D eigenvalue weighted by Crippen LogP contribution is -2.73. The minimum atomic E-state index is -0.953. The summed E-state index contributed by atoms with van der Waals surface area (Å²) in [6.07, 6.45) is 8.12. The number of pyridine rings is 1. The number of H-pyrrole nitrogens is 1. The third-order valence-corrected chi connectivity index (χ3v) is 6.21. The molecule has 0 atom stereocenters. The Labute approximate surface area is 195 Å². The molecule has 1 spiro atoms. The van der Waals surface area contributed by atoms with E-state index < -0.39 is 17.1 Å². The monoisotopic (exact) mass is 469 g/mol. The number of fused-ring (bicyclic) bond motifs is 2. The molecule has 172 valence electrons. The minimum Gasteiger partial charge on any atom is -0.346 e. The van der Waals surface area contributed by atoms with Crippen molar-refractivity contribution in [1.82, 2.24) is 24.9 Å². The highest BCUT2D eigenvalue weighted by Crippen LogP contribution is 2.34. The number of halogens is 1. The molecule has 2 aliphatic rings. The Bertz CT molecular complexity index is 1320. The van der Waals surface area contributed by atoms with Gasteiger partial charge in [-0.25, -0.2) is 19.7 Å². The molecule has 1 saturated carbocycles. The van der Waals surface area contributed by atoms with Crippen molar-refractivity contribution in [2.24, 2.45) is 0 Å². The zero-order valence-corrected chi connectivity index (χ0v) is 18.9. The number of nitrogens with zero attached hydrogens (tertiary/aromatic N) is 4. The van der Waals surface area contributed by atoms with Gasteiger partial charge in [-0.15, -0.1) is 12.4 Å². The molecule has 3 aromatic rings.